The second-order valence-electron chi connectivity index (χ2n) is 5.99. The Kier molecular flexibility index (Phi) is 4.73. The number of benzene rings is 1. The van der Waals surface area contributed by atoms with Gasteiger partial charge in [-0.2, -0.15) is 0 Å². The summed E-state index contributed by atoms with van der Waals surface area (Å²) in [5.41, 5.74) is 1.44. The summed E-state index contributed by atoms with van der Waals surface area (Å²) in [5.74, 6) is -0.0221. The van der Waals surface area contributed by atoms with Crippen molar-refractivity contribution in [3.05, 3.63) is 28.8 Å². The lowest BCUT2D eigenvalue weighted by atomic mass is 10.1. The molecule has 2 saturated heterocycles. The lowest BCUT2D eigenvalue weighted by Crippen LogP contribution is -2.51. The third-order valence-corrected chi connectivity index (χ3v) is 4.68. The van der Waals surface area contributed by atoms with E-state index in [1.165, 1.54) is 0 Å². The second-order valence-corrected chi connectivity index (χ2v) is 6.40. The van der Waals surface area contributed by atoms with Crippen LogP contribution in [0, 0.1) is 0 Å². The largest absolute Gasteiger partial charge is 0.380 e. The molecular weight excluding hydrogens is 316 g/mol. The molecule has 6 nitrogen and oxygen atoms in total. The number of hydrogen-bond acceptors (Lipinski definition) is 4. The molecule has 2 aliphatic heterocycles. The molecule has 0 atom stereocenters. The SMILES string of the molecule is CC(=O)N1CCN(C(=O)c2ccc(NC3CNC3)cc2Cl)CC1. The standard InChI is InChI=1S/C16H21ClN4O2/c1-11(22)20-4-6-21(7-5-20)16(23)14-3-2-12(8-15(14)17)19-13-9-18-10-13/h2-3,8,13,18-19H,4-7,9-10H2,1H3. The van der Waals surface area contributed by atoms with Gasteiger partial charge in [0.1, 0.15) is 0 Å². The maximum Gasteiger partial charge on any atom is 0.255 e. The van der Waals surface area contributed by atoms with E-state index in [0.717, 1.165) is 18.8 Å². The van der Waals surface area contributed by atoms with Crippen molar-refractivity contribution in [2.45, 2.75) is 13.0 Å². The Morgan fingerprint density at radius 3 is 2.35 bits per heavy atom. The van der Waals surface area contributed by atoms with Crippen LogP contribution in [0.1, 0.15) is 17.3 Å². The first-order valence-electron chi connectivity index (χ1n) is 7.86. The Balaban J connectivity index is 1.64. The number of piperazine rings is 1. The Morgan fingerprint density at radius 1 is 1.17 bits per heavy atom. The van der Waals surface area contributed by atoms with Gasteiger partial charge < -0.3 is 20.4 Å². The Bertz CT molecular complexity index is 610. The molecule has 2 amide bonds. The van der Waals surface area contributed by atoms with Crippen LogP contribution in [0.5, 0.6) is 0 Å². The molecule has 2 N–H and O–H groups in total. The molecule has 0 aliphatic carbocycles. The number of halogens is 1. The molecule has 23 heavy (non-hydrogen) atoms. The van der Waals surface area contributed by atoms with Crippen LogP contribution in [0.25, 0.3) is 0 Å². The van der Waals surface area contributed by atoms with Gasteiger partial charge in [0, 0.05) is 51.9 Å². The number of anilines is 1. The van der Waals surface area contributed by atoms with Crippen molar-refractivity contribution in [1.82, 2.24) is 15.1 Å². The fraction of sp³-hybridized carbons (Fsp3) is 0.500. The first-order chi connectivity index (χ1) is 11.0. The van der Waals surface area contributed by atoms with Crippen LogP contribution in [0.3, 0.4) is 0 Å². The molecular formula is C16H21ClN4O2. The number of carbonyl (C=O) groups excluding carboxylic acids is 2. The van der Waals surface area contributed by atoms with Crippen molar-refractivity contribution >= 4 is 29.1 Å². The Hall–Kier alpha value is -1.79. The summed E-state index contributed by atoms with van der Waals surface area (Å²) >= 11 is 6.30. The van der Waals surface area contributed by atoms with Crippen LogP contribution >= 0.6 is 11.6 Å². The van der Waals surface area contributed by atoms with Crippen molar-refractivity contribution in [2.75, 3.05) is 44.6 Å². The topological polar surface area (TPSA) is 64.7 Å². The zero-order valence-electron chi connectivity index (χ0n) is 13.1. The first-order valence-corrected chi connectivity index (χ1v) is 8.24. The van der Waals surface area contributed by atoms with Crippen LogP contribution in [0.2, 0.25) is 5.02 Å². The number of nitrogens with one attached hydrogen (secondary N) is 2. The molecule has 0 bridgehead atoms. The molecule has 1 aromatic rings. The van der Waals surface area contributed by atoms with Gasteiger partial charge in [-0.25, -0.2) is 0 Å². The molecule has 7 heteroatoms. The molecule has 0 unspecified atom stereocenters. The average Bonchev–Trinajstić information content (AvgIpc) is 2.50. The summed E-state index contributed by atoms with van der Waals surface area (Å²) in [6, 6.07) is 5.89. The number of hydrogen-bond donors (Lipinski definition) is 2. The van der Waals surface area contributed by atoms with E-state index in [9.17, 15) is 9.59 Å². The monoisotopic (exact) mass is 336 g/mol. The van der Waals surface area contributed by atoms with E-state index < -0.39 is 0 Å². The van der Waals surface area contributed by atoms with Gasteiger partial charge in [0.2, 0.25) is 5.91 Å². The quantitative estimate of drug-likeness (QED) is 0.865. The summed E-state index contributed by atoms with van der Waals surface area (Å²) in [7, 11) is 0. The minimum Gasteiger partial charge on any atom is -0.380 e. The van der Waals surface area contributed by atoms with Gasteiger partial charge in [0.05, 0.1) is 16.6 Å². The predicted octanol–water partition coefficient (Wildman–Crippen LogP) is 1.03. The van der Waals surface area contributed by atoms with Crippen LogP contribution in [0.4, 0.5) is 5.69 Å². The fourth-order valence-corrected chi connectivity index (χ4v) is 3.06. The Morgan fingerprint density at radius 2 is 1.83 bits per heavy atom. The van der Waals surface area contributed by atoms with Gasteiger partial charge in [-0.05, 0) is 18.2 Å². The van der Waals surface area contributed by atoms with Gasteiger partial charge in [-0.1, -0.05) is 11.6 Å². The van der Waals surface area contributed by atoms with Gasteiger partial charge in [-0.3, -0.25) is 9.59 Å². The summed E-state index contributed by atoms with van der Waals surface area (Å²) in [4.78, 5) is 27.5. The molecule has 0 aromatic heterocycles. The Labute approximate surface area is 140 Å². The highest BCUT2D eigenvalue weighted by Crippen LogP contribution is 2.23. The van der Waals surface area contributed by atoms with E-state index in [-0.39, 0.29) is 11.8 Å². The molecule has 0 spiro atoms. The van der Waals surface area contributed by atoms with Gasteiger partial charge in [0.25, 0.3) is 5.91 Å². The van der Waals surface area contributed by atoms with Crippen LogP contribution in [-0.4, -0.2) is 66.9 Å². The lowest BCUT2D eigenvalue weighted by molar-refractivity contribution is -0.130. The summed E-state index contributed by atoms with van der Waals surface area (Å²) in [5, 5.41) is 7.02. The van der Waals surface area contributed by atoms with Crippen molar-refractivity contribution in [1.29, 1.82) is 0 Å². The van der Waals surface area contributed by atoms with Gasteiger partial charge in [0.15, 0.2) is 0 Å². The van der Waals surface area contributed by atoms with Crippen molar-refractivity contribution in [3.8, 4) is 0 Å². The minimum atomic E-state index is -0.0740. The smallest absolute Gasteiger partial charge is 0.255 e. The normalized spacial score (nSPS) is 18.5. The highest BCUT2D eigenvalue weighted by Gasteiger charge is 2.25. The molecule has 2 heterocycles. The van der Waals surface area contributed by atoms with Crippen molar-refractivity contribution in [2.24, 2.45) is 0 Å². The molecule has 1 aromatic carbocycles. The summed E-state index contributed by atoms with van der Waals surface area (Å²) in [6.45, 7) is 5.68. The molecule has 2 aliphatic rings. The van der Waals surface area contributed by atoms with Gasteiger partial charge in [-0.15, -0.1) is 0 Å². The molecule has 2 fully saturated rings. The summed E-state index contributed by atoms with van der Waals surface area (Å²) < 4.78 is 0. The van der Waals surface area contributed by atoms with Crippen LogP contribution in [-0.2, 0) is 4.79 Å². The van der Waals surface area contributed by atoms with Crippen molar-refractivity contribution in [3.63, 3.8) is 0 Å². The number of carbonyl (C=O) groups is 2. The van der Waals surface area contributed by atoms with E-state index in [1.54, 1.807) is 28.9 Å². The number of amides is 2. The fourth-order valence-electron chi connectivity index (χ4n) is 2.80. The second kappa shape index (κ2) is 6.76. The average molecular weight is 337 g/mol. The van der Waals surface area contributed by atoms with E-state index in [2.05, 4.69) is 10.6 Å². The molecule has 0 radical (unpaired) electrons. The zero-order valence-corrected chi connectivity index (χ0v) is 13.9. The predicted molar refractivity (Wildman–Crippen MR) is 89.9 cm³/mol. The van der Waals surface area contributed by atoms with E-state index in [1.807, 2.05) is 6.07 Å². The maximum absolute atomic E-state index is 12.6. The van der Waals surface area contributed by atoms with E-state index in [4.69, 9.17) is 11.6 Å². The highest BCUT2D eigenvalue weighted by molar-refractivity contribution is 6.34. The molecule has 0 saturated carbocycles. The lowest BCUT2D eigenvalue weighted by Gasteiger charge is -2.34. The highest BCUT2D eigenvalue weighted by atomic mass is 35.5. The number of rotatable bonds is 3. The molecule has 124 valence electrons. The third kappa shape index (κ3) is 3.59. The number of nitrogens with zero attached hydrogens (tertiary/aromatic N) is 2. The van der Waals surface area contributed by atoms with E-state index >= 15 is 0 Å². The van der Waals surface area contributed by atoms with E-state index in [0.29, 0.717) is 42.8 Å². The zero-order chi connectivity index (χ0) is 16.4. The first kappa shape index (κ1) is 16.1. The van der Waals surface area contributed by atoms with Crippen LogP contribution < -0.4 is 10.6 Å². The van der Waals surface area contributed by atoms with Gasteiger partial charge >= 0.3 is 0 Å². The summed E-state index contributed by atoms with van der Waals surface area (Å²) in [6.07, 6.45) is 0. The third-order valence-electron chi connectivity index (χ3n) is 4.36. The maximum atomic E-state index is 12.6. The molecule has 3 rings (SSSR count). The van der Waals surface area contributed by atoms with Crippen molar-refractivity contribution < 1.29 is 9.59 Å². The van der Waals surface area contributed by atoms with Crippen LogP contribution in [0.15, 0.2) is 18.2 Å². The minimum absolute atomic E-state index is 0.0519.